The van der Waals surface area contributed by atoms with E-state index in [4.69, 9.17) is 4.84 Å². The van der Waals surface area contributed by atoms with Crippen molar-refractivity contribution in [2.24, 2.45) is 5.92 Å². The summed E-state index contributed by atoms with van der Waals surface area (Å²) in [6, 6.07) is 3.11. The Bertz CT molecular complexity index is 1170. The number of rotatable bonds is 0. The van der Waals surface area contributed by atoms with E-state index >= 15 is 0 Å². The van der Waals surface area contributed by atoms with Crippen LogP contribution in [-0.4, -0.2) is 51.2 Å². The molecule has 9 nitrogen and oxygen atoms in total. The van der Waals surface area contributed by atoms with E-state index in [-0.39, 0.29) is 29.7 Å². The summed E-state index contributed by atoms with van der Waals surface area (Å²) in [5.41, 5.74) is 2.53. The molecule has 31 heavy (non-hydrogen) atoms. The summed E-state index contributed by atoms with van der Waals surface area (Å²) in [6.07, 6.45) is 6.70. The summed E-state index contributed by atoms with van der Waals surface area (Å²) in [6.45, 7) is 2.07. The number of nitrogens with one attached hydrogen (secondary N) is 2. The van der Waals surface area contributed by atoms with Crippen molar-refractivity contribution in [2.75, 3.05) is 24.8 Å². The maximum atomic E-state index is 14.3. The van der Waals surface area contributed by atoms with Crippen LogP contribution < -0.4 is 15.7 Å². The van der Waals surface area contributed by atoms with Gasteiger partial charge in [-0.3, -0.25) is 14.6 Å². The highest BCUT2D eigenvalue weighted by Crippen LogP contribution is 2.37. The van der Waals surface area contributed by atoms with E-state index in [0.717, 1.165) is 30.8 Å². The van der Waals surface area contributed by atoms with E-state index in [1.165, 1.54) is 6.20 Å². The minimum absolute atomic E-state index is 0.0248. The zero-order chi connectivity index (χ0) is 20.9. The van der Waals surface area contributed by atoms with Gasteiger partial charge in [-0.1, -0.05) is 0 Å². The summed E-state index contributed by atoms with van der Waals surface area (Å²) < 4.78 is 15.8. The van der Waals surface area contributed by atoms with Gasteiger partial charge in [-0.25, -0.2) is 19.0 Å². The number of piperidine rings is 1. The lowest BCUT2D eigenvalue weighted by Gasteiger charge is -2.33. The van der Waals surface area contributed by atoms with E-state index in [0.29, 0.717) is 36.5 Å². The number of aromatic nitrogens is 4. The second-order valence-corrected chi connectivity index (χ2v) is 8.30. The molecule has 3 atom stereocenters. The third kappa shape index (κ3) is 3.14. The molecule has 2 bridgehead atoms. The normalized spacial score (nSPS) is 25.8. The van der Waals surface area contributed by atoms with Crippen molar-refractivity contribution in [3.8, 4) is 0 Å². The zero-order valence-corrected chi connectivity index (χ0v) is 16.8. The number of hydroxylamine groups is 1. The van der Waals surface area contributed by atoms with Gasteiger partial charge in [-0.15, -0.1) is 0 Å². The van der Waals surface area contributed by atoms with Gasteiger partial charge >= 0.3 is 0 Å². The number of carbonyl (C=O) groups is 1. The number of nitrogens with zero attached hydrogens (tertiary/aromatic N) is 5. The fraction of sp³-hybridized carbons (Fsp3) is 0.429. The van der Waals surface area contributed by atoms with Crippen LogP contribution in [0.25, 0.3) is 5.65 Å². The molecule has 10 heteroatoms. The quantitative estimate of drug-likeness (QED) is 0.564. The SMILES string of the molecule is O=C1N[C@@H]2CCNC[C@@H]2Cc2ncc(F)cc2C2CCON2c2ccn3ncc1c3n2. The molecule has 6 heterocycles. The first-order valence-corrected chi connectivity index (χ1v) is 10.6. The van der Waals surface area contributed by atoms with E-state index < -0.39 is 0 Å². The minimum atomic E-state index is -0.372. The van der Waals surface area contributed by atoms with Crippen molar-refractivity contribution >= 4 is 17.4 Å². The van der Waals surface area contributed by atoms with Crippen LogP contribution >= 0.6 is 0 Å². The van der Waals surface area contributed by atoms with E-state index in [9.17, 15) is 9.18 Å². The fourth-order valence-electron chi connectivity index (χ4n) is 4.88. The largest absolute Gasteiger partial charge is 0.349 e. The molecule has 2 N–H and O–H groups in total. The summed E-state index contributed by atoms with van der Waals surface area (Å²) >= 11 is 0. The number of pyridine rings is 1. The molecule has 6 rings (SSSR count). The van der Waals surface area contributed by atoms with Gasteiger partial charge < -0.3 is 10.6 Å². The van der Waals surface area contributed by atoms with Gasteiger partial charge in [-0.2, -0.15) is 5.10 Å². The Balaban J connectivity index is 1.54. The third-order valence-electron chi connectivity index (χ3n) is 6.44. The van der Waals surface area contributed by atoms with E-state index in [1.807, 2.05) is 0 Å². The van der Waals surface area contributed by atoms with Gasteiger partial charge in [-0.05, 0) is 31.4 Å². The minimum Gasteiger partial charge on any atom is -0.349 e. The molecular weight excluding hydrogens is 401 g/mol. The standard InChI is InChI=1S/C21H22FN7O2/c22-13-8-14-17(24-10-13)7-12-9-23-4-1-16(12)26-21(30)15-11-25-28-5-2-19(27-20(15)28)29-18(14)3-6-31-29/h2,5,8,10-12,16,18,23H,1,3-4,6-7,9H2,(H,26,30)/t12-,16+,18?/m0/s1. The van der Waals surface area contributed by atoms with Crippen molar-refractivity contribution in [1.82, 2.24) is 30.2 Å². The maximum absolute atomic E-state index is 14.3. The summed E-state index contributed by atoms with van der Waals surface area (Å²) in [4.78, 5) is 28.2. The fourth-order valence-corrected chi connectivity index (χ4v) is 4.88. The number of anilines is 1. The number of hydrogen-bond donors (Lipinski definition) is 2. The second-order valence-electron chi connectivity index (χ2n) is 8.30. The highest BCUT2D eigenvalue weighted by molar-refractivity contribution is 6.00. The highest BCUT2D eigenvalue weighted by Gasteiger charge is 2.35. The Morgan fingerprint density at radius 3 is 3.13 bits per heavy atom. The Morgan fingerprint density at radius 2 is 2.19 bits per heavy atom. The molecule has 0 saturated carbocycles. The van der Waals surface area contributed by atoms with Crippen LogP contribution in [-0.2, 0) is 11.3 Å². The lowest BCUT2D eigenvalue weighted by atomic mass is 9.86. The van der Waals surface area contributed by atoms with Gasteiger partial charge in [0.15, 0.2) is 11.5 Å². The first kappa shape index (κ1) is 18.6. The summed E-state index contributed by atoms with van der Waals surface area (Å²) in [5.74, 6) is 0.121. The monoisotopic (exact) mass is 423 g/mol. The topological polar surface area (TPSA) is 96.7 Å². The average Bonchev–Trinajstić information content (AvgIpc) is 3.42. The van der Waals surface area contributed by atoms with Crippen LogP contribution in [0, 0.1) is 11.7 Å². The van der Waals surface area contributed by atoms with Crippen LogP contribution in [0.15, 0.2) is 30.7 Å². The third-order valence-corrected chi connectivity index (χ3v) is 6.44. The average molecular weight is 423 g/mol. The van der Waals surface area contributed by atoms with Gasteiger partial charge in [0.05, 0.1) is 25.0 Å². The van der Waals surface area contributed by atoms with Gasteiger partial charge in [0.2, 0.25) is 0 Å². The number of hydrogen-bond acceptors (Lipinski definition) is 7. The predicted octanol–water partition coefficient (Wildman–Crippen LogP) is 1.41. The molecule has 0 spiro atoms. The van der Waals surface area contributed by atoms with Crippen molar-refractivity contribution in [3.05, 3.63) is 53.4 Å². The number of fused-ring (bicyclic) bond motifs is 6. The maximum Gasteiger partial charge on any atom is 0.256 e. The Hall–Kier alpha value is -3.11. The number of carbonyl (C=O) groups excluding carboxylic acids is 1. The van der Waals surface area contributed by atoms with Crippen LogP contribution in [0.3, 0.4) is 0 Å². The highest BCUT2D eigenvalue weighted by atomic mass is 19.1. The van der Waals surface area contributed by atoms with Crippen LogP contribution in [0.1, 0.15) is 40.5 Å². The molecule has 1 amide bonds. The predicted molar refractivity (Wildman–Crippen MR) is 109 cm³/mol. The van der Waals surface area contributed by atoms with Gasteiger partial charge in [0.1, 0.15) is 11.4 Å². The second kappa shape index (κ2) is 7.24. The lowest BCUT2D eigenvalue weighted by molar-refractivity contribution is 0.0911. The van der Waals surface area contributed by atoms with Gasteiger partial charge in [0, 0.05) is 42.5 Å². The Morgan fingerprint density at radius 1 is 1.26 bits per heavy atom. The van der Waals surface area contributed by atoms with Crippen molar-refractivity contribution < 1.29 is 14.0 Å². The summed E-state index contributed by atoms with van der Waals surface area (Å²) in [5, 5.41) is 12.6. The van der Waals surface area contributed by atoms with Gasteiger partial charge in [0.25, 0.3) is 5.91 Å². The number of halogens is 1. The molecule has 3 aliphatic heterocycles. The molecule has 3 aromatic rings. The first-order chi connectivity index (χ1) is 15.2. The molecule has 2 saturated heterocycles. The van der Waals surface area contributed by atoms with Crippen molar-refractivity contribution in [2.45, 2.75) is 31.3 Å². The zero-order valence-electron chi connectivity index (χ0n) is 16.8. The van der Waals surface area contributed by atoms with Crippen LogP contribution in [0.5, 0.6) is 0 Å². The molecule has 160 valence electrons. The molecule has 0 radical (unpaired) electrons. The Labute approximate surface area is 177 Å². The molecule has 3 aliphatic rings. The van der Waals surface area contributed by atoms with Crippen molar-refractivity contribution in [3.63, 3.8) is 0 Å². The molecule has 2 fully saturated rings. The molecule has 3 aromatic heterocycles. The molecular formula is C21H22FN7O2. The lowest BCUT2D eigenvalue weighted by Crippen LogP contribution is -2.50. The van der Waals surface area contributed by atoms with E-state index in [1.54, 1.807) is 34.1 Å². The molecule has 1 unspecified atom stereocenters. The smallest absolute Gasteiger partial charge is 0.256 e. The first-order valence-electron chi connectivity index (χ1n) is 10.6. The number of amides is 1. The molecule has 0 aliphatic carbocycles. The molecule has 0 aromatic carbocycles. The Kier molecular flexibility index (Phi) is 4.35. The van der Waals surface area contributed by atoms with Crippen LogP contribution in [0.4, 0.5) is 10.2 Å². The summed E-state index contributed by atoms with van der Waals surface area (Å²) in [7, 11) is 0. The van der Waals surface area contributed by atoms with E-state index in [2.05, 4.69) is 25.7 Å². The van der Waals surface area contributed by atoms with Crippen LogP contribution in [0.2, 0.25) is 0 Å². The van der Waals surface area contributed by atoms with Crippen molar-refractivity contribution in [1.29, 1.82) is 0 Å².